The smallest absolute Gasteiger partial charge is 0.337 e. The molecule has 0 spiro atoms. The first kappa shape index (κ1) is 24.0. The summed E-state index contributed by atoms with van der Waals surface area (Å²) < 4.78 is 14.7. The van der Waals surface area contributed by atoms with E-state index in [1.165, 1.54) is 12.1 Å². The molecule has 0 amide bonds. The summed E-state index contributed by atoms with van der Waals surface area (Å²) in [6.45, 7) is 1.29. The first-order valence-electron chi connectivity index (χ1n) is 11.5. The van der Waals surface area contributed by atoms with E-state index in [4.69, 9.17) is 0 Å². The molecule has 0 fully saturated rings. The summed E-state index contributed by atoms with van der Waals surface area (Å²) in [6, 6.07) is 30.0. The number of nitrogens with zero attached hydrogens (tertiary/aromatic N) is 2. The van der Waals surface area contributed by atoms with Gasteiger partial charge in [-0.25, -0.2) is 9.18 Å². The van der Waals surface area contributed by atoms with Crippen molar-refractivity contribution in [1.29, 1.82) is 0 Å². The Morgan fingerprint density at radius 1 is 0.857 bits per heavy atom. The number of hydrogen-bond acceptors (Lipinski definition) is 3. The number of benzene rings is 3. The highest BCUT2D eigenvalue weighted by Crippen LogP contribution is 2.21. The average Bonchev–Trinajstić information content (AvgIpc) is 2.88. The second kappa shape index (κ2) is 11.9. The van der Waals surface area contributed by atoms with Crippen molar-refractivity contribution in [2.24, 2.45) is 0 Å². The molecule has 0 saturated carbocycles. The highest BCUT2D eigenvalue weighted by molar-refractivity contribution is 5.91. The van der Waals surface area contributed by atoms with Crippen LogP contribution in [0.4, 0.5) is 4.39 Å². The Balaban J connectivity index is 1.73. The maximum Gasteiger partial charge on any atom is 0.337 e. The van der Waals surface area contributed by atoms with E-state index in [-0.39, 0.29) is 17.4 Å². The van der Waals surface area contributed by atoms with Crippen LogP contribution in [0.5, 0.6) is 0 Å². The Hall–Kier alpha value is -4.09. The second-order valence-corrected chi connectivity index (χ2v) is 8.34. The molecule has 4 aromatic rings. The minimum Gasteiger partial charge on any atom is -0.478 e. The number of carboxylic acid groups (broad SMARTS) is 1. The molecule has 5 heteroatoms. The molecule has 0 bridgehead atoms. The van der Waals surface area contributed by atoms with Crippen LogP contribution in [0.2, 0.25) is 0 Å². The Bertz CT molecular complexity index is 1230. The third-order valence-electron chi connectivity index (χ3n) is 5.86. The molecule has 1 aromatic heterocycles. The SMILES string of the molecule is O=C(O)c1cccnc1/C=C/[C@@H](Cc1ccccc1F)N(Cc1ccccc1)Cc1ccccc1. The molecule has 1 N–H and O–H groups in total. The maximum atomic E-state index is 14.7. The van der Waals surface area contributed by atoms with E-state index in [9.17, 15) is 14.3 Å². The second-order valence-electron chi connectivity index (χ2n) is 8.34. The van der Waals surface area contributed by atoms with Gasteiger partial charge in [-0.2, -0.15) is 0 Å². The van der Waals surface area contributed by atoms with Crippen LogP contribution < -0.4 is 0 Å². The predicted octanol–water partition coefficient (Wildman–Crippen LogP) is 6.25. The molecule has 176 valence electrons. The fraction of sp³-hybridized carbons (Fsp3) is 0.133. The van der Waals surface area contributed by atoms with Gasteiger partial charge in [-0.15, -0.1) is 0 Å². The van der Waals surface area contributed by atoms with Crippen molar-refractivity contribution in [3.63, 3.8) is 0 Å². The summed E-state index contributed by atoms with van der Waals surface area (Å²) >= 11 is 0. The van der Waals surface area contributed by atoms with Gasteiger partial charge in [-0.3, -0.25) is 9.88 Å². The summed E-state index contributed by atoms with van der Waals surface area (Å²) in [4.78, 5) is 18.2. The molecule has 35 heavy (non-hydrogen) atoms. The molecule has 0 aliphatic heterocycles. The topological polar surface area (TPSA) is 53.4 Å². The molecule has 0 aliphatic rings. The zero-order chi connectivity index (χ0) is 24.5. The van der Waals surface area contributed by atoms with E-state index in [1.54, 1.807) is 30.5 Å². The molecule has 0 unspecified atom stereocenters. The third-order valence-corrected chi connectivity index (χ3v) is 5.86. The normalized spacial score (nSPS) is 12.2. The zero-order valence-electron chi connectivity index (χ0n) is 19.3. The van der Waals surface area contributed by atoms with Crippen LogP contribution in [-0.4, -0.2) is 27.0 Å². The molecular weight excluding hydrogens is 439 g/mol. The molecule has 1 atom stereocenters. The molecule has 0 aliphatic carbocycles. The van der Waals surface area contributed by atoms with Crippen LogP contribution in [0.25, 0.3) is 6.08 Å². The lowest BCUT2D eigenvalue weighted by atomic mass is 10.0. The van der Waals surface area contributed by atoms with E-state index in [0.717, 1.165) is 11.1 Å². The van der Waals surface area contributed by atoms with Crippen molar-refractivity contribution in [3.05, 3.63) is 143 Å². The van der Waals surface area contributed by atoms with Crippen LogP contribution >= 0.6 is 0 Å². The van der Waals surface area contributed by atoms with Gasteiger partial charge in [0.1, 0.15) is 5.82 Å². The minimum atomic E-state index is -1.03. The van der Waals surface area contributed by atoms with Gasteiger partial charge in [0.25, 0.3) is 0 Å². The predicted molar refractivity (Wildman–Crippen MR) is 136 cm³/mol. The van der Waals surface area contributed by atoms with Crippen molar-refractivity contribution in [2.45, 2.75) is 25.6 Å². The summed E-state index contributed by atoms with van der Waals surface area (Å²) in [5, 5.41) is 9.57. The van der Waals surface area contributed by atoms with Crippen molar-refractivity contribution in [1.82, 2.24) is 9.88 Å². The average molecular weight is 467 g/mol. The number of halogens is 1. The summed E-state index contributed by atoms with van der Waals surface area (Å²) in [5.41, 5.74) is 3.38. The highest BCUT2D eigenvalue weighted by Gasteiger charge is 2.20. The Labute approximate surface area is 205 Å². The lowest BCUT2D eigenvalue weighted by molar-refractivity contribution is 0.0696. The van der Waals surface area contributed by atoms with Crippen molar-refractivity contribution < 1.29 is 14.3 Å². The quantitative estimate of drug-likeness (QED) is 0.300. The van der Waals surface area contributed by atoms with E-state index >= 15 is 0 Å². The van der Waals surface area contributed by atoms with Gasteiger partial charge >= 0.3 is 5.97 Å². The highest BCUT2D eigenvalue weighted by atomic mass is 19.1. The van der Waals surface area contributed by atoms with Crippen LogP contribution in [0.15, 0.2) is 109 Å². The fourth-order valence-electron chi connectivity index (χ4n) is 4.07. The molecule has 0 saturated heterocycles. The lowest BCUT2D eigenvalue weighted by Crippen LogP contribution is -2.35. The number of carboxylic acids is 1. The van der Waals surface area contributed by atoms with Gasteiger partial charge < -0.3 is 5.11 Å². The number of aromatic nitrogens is 1. The molecule has 4 rings (SSSR count). The van der Waals surface area contributed by atoms with Crippen molar-refractivity contribution in [2.75, 3.05) is 0 Å². The number of carbonyl (C=O) groups is 1. The summed E-state index contributed by atoms with van der Waals surface area (Å²) in [7, 11) is 0. The standard InChI is InChI=1S/C30H27FN2O2/c31-28-16-8-7-14-25(28)20-26(17-18-29-27(30(34)35)15-9-19-32-29)33(21-23-10-3-1-4-11-23)22-24-12-5-2-6-13-24/h1-19,26H,20-22H2,(H,34,35)/b18-17+/t26-/m0/s1. The van der Waals surface area contributed by atoms with Gasteiger partial charge in [-0.05, 0) is 47.4 Å². The Kier molecular flexibility index (Phi) is 8.15. The number of hydrogen-bond donors (Lipinski definition) is 1. The largest absolute Gasteiger partial charge is 0.478 e. The molecule has 1 heterocycles. The van der Waals surface area contributed by atoms with Crippen LogP contribution in [0, 0.1) is 5.82 Å². The molecule has 0 radical (unpaired) electrons. The Morgan fingerprint density at radius 3 is 2.06 bits per heavy atom. The number of aromatic carboxylic acids is 1. The van der Waals surface area contributed by atoms with E-state index in [0.29, 0.717) is 30.8 Å². The van der Waals surface area contributed by atoms with Gasteiger partial charge in [0, 0.05) is 25.3 Å². The van der Waals surface area contributed by atoms with Gasteiger partial charge in [0.2, 0.25) is 0 Å². The van der Waals surface area contributed by atoms with E-state index in [1.807, 2.05) is 48.5 Å². The van der Waals surface area contributed by atoms with Crippen LogP contribution in [-0.2, 0) is 19.5 Å². The number of rotatable bonds is 10. The van der Waals surface area contributed by atoms with Gasteiger partial charge in [-0.1, -0.05) is 84.9 Å². The fourth-order valence-corrected chi connectivity index (χ4v) is 4.07. The van der Waals surface area contributed by atoms with E-state index in [2.05, 4.69) is 34.1 Å². The minimum absolute atomic E-state index is 0.131. The molecule has 3 aromatic carbocycles. The van der Waals surface area contributed by atoms with E-state index < -0.39 is 5.97 Å². The Morgan fingerprint density at radius 2 is 1.46 bits per heavy atom. The molecule has 4 nitrogen and oxygen atoms in total. The summed E-state index contributed by atoms with van der Waals surface area (Å²) in [6.07, 6.45) is 5.67. The summed E-state index contributed by atoms with van der Waals surface area (Å²) in [5.74, 6) is -1.29. The third kappa shape index (κ3) is 6.71. The first-order valence-corrected chi connectivity index (χ1v) is 11.5. The monoisotopic (exact) mass is 466 g/mol. The first-order chi connectivity index (χ1) is 17.1. The maximum absolute atomic E-state index is 14.7. The molecular formula is C30H27FN2O2. The van der Waals surface area contributed by atoms with Crippen LogP contribution in [0.1, 0.15) is 32.7 Å². The number of pyridine rings is 1. The van der Waals surface area contributed by atoms with Crippen LogP contribution in [0.3, 0.4) is 0 Å². The van der Waals surface area contributed by atoms with Gasteiger partial charge in [0.15, 0.2) is 0 Å². The zero-order valence-corrected chi connectivity index (χ0v) is 19.3. The lowest BCUT2D eigenvalue weighted by Gasteiger charge is -2.30. The van der Waals surface area contributed by atoms with Gasteiger partial charge in [0.05, 0.1) is 11.3 Å². The van der Waals surface area contributed by atoms with Crippen molar-refractivity contribution >= 4 is 12.0 Å². The van der Waals surface area contributed by atoms with Crippen molar-refractivity contribution in [3.8, 4) is 0 Å².